The molecule has 0 spiro atoms. The number of nitrogens with zero attached hydrogens (tertiary/aromatic N) is 1. The lowest BCUT2D eigenvalue weighted by Gasteiger charge is -2.12. The van der Waals surface area contributed by atoms with Crippen LogP contribution >= 0.6 is 0 Å². The third kappa shape index (κ3) is 9.74. The molecule has 154 valence electrons. The Kier molecular flexibility index (Phi) is 11.0. The zero-order chi connectivity index (χ0) is 20.1. The largest absolute Gasteiger partial charge is 0.383 e. The van der Waals surface area contributed by atoms with E-state index in [1.165, 1.54) is 13.5 Å². The summed E-state index contributed by atoms with van der Waals surface area (Å²) in [6.07, 6.45) is 2.28. The zero-order valence-electron chi connectivity index (χ0n) is 16.9. The van der Waals surface area contributed by atoms with Gasteiger partial charge in [0, 0.05) is 26.7 Å². The average Bonchev–Trinajstić information content (AvgIpc) is 2.63. The summed E-state index contributed by atoms with van der Waals surface area (Å²) in [6, 6.07) is 6.78. The first-order valence-corrected chi connectivity index (χ1v) is 11.0. The highest BCUT2D eigenvalue weighted by Crippen LogP contribution is 2.11. The van der Waals surface area contributed by atoms with Gasteiger partial charge in [0.05, 0.1) is 18.0 Å². The molecular weight excluding hydrogens is 364 g/mol. The number of methoxy groups -OCH3 is 1. The Morgan fingerprint density at radius 1 is 1.15 bits per heavy atom. The second-order valence-electron chi connectivity index (χ2n) is 6.69. The molecule has 3 N–H and O–H groups in total. The van der Waals surface area contributed by atoms with Gasteiger partial charge in [0.25, 0.3) is 0 Å². The van der Waals surface area contributed by atoms with Crippen molar-refractivity contribution < 1.29 is 13.2 Å². The second-order valence-corrected chi connectivity index (χ2v) is 8.46. The van der Waals surface area contributed by atoms with E-state index in [1.807, 2.05) is 6.92 Å². The van der Waals surface area contributed by atoms with E-state index in [-0.39, 0.29) is 11.4 Å². The smallest absolute Gasteiger partial charge is 0.240 e. The SMILES string of the molecule is CCNC(=NCc1ccc(S(=O)(=O)NCCOC)cc1)NCCCC(C)C. The molecule has 0 fully saturated rings. The van der Waals surface area contributed by atoms with E-state index in [0.717, 1.165) is 31.0 Å². The quantitative estimate of drug-likeness (QED) is 0.285. The first-order valence-electron chi connectivity index (χ1n) is 9.48. The highest BCUT2D eigenvalue weighted by molar-refractivity contribution is 7.89. The van der Waals surface area contributed by atoms with Gasteiger partial charge in [-0.3, -0.25) is 0 Å². The van der Waals surface area contributed by atoms with Gasteiger partial charge in [-0.15, -0.1) is 0 Å². The van der Waals surface area contributed by atoms with Crippen LogP contribution in [0.15, 0.2) is 34.2 Å². The van der Waals surface area contributed by atoms with E-state index in [0.29, 0.717) is 19.1 Å². The lowest BCUT2D eigenvalue weighted by atomic mass is 10.1. The molecule has 0 unspecified atom stereocenters. The average molecular weight is 399 g/mol. The summed E-state index contributed by atoms with van der Waals surface area (Å²) in [5.41, 5.74) is 0.949. The molecule has 0 saturated heterocycles. The van der Waals surface area contributed by atoms with Crippen molar-refractivity contribution in [1.82, 2.24) is 15.4 Å². The van der Waals surface area contributed by atoms with Crippen molar-refractivity contribution in [2.45, 2.75) is 45.1 Å². The fraction of sp³-hybridized carbons (Fsp3) is 0.632. The molecule has 0 aliphatic rings. The number of rotatable bonds is 12. The topological polar surface area (TPSA) is 91.8 Å². The molecule has 0 amide bonds. The number of nitrogens with one attached hydrogen (secondary N) is 3. The van der Waals surface area contributed by atoms with E-state index < -0.39 is 10.0 Å². The molecule has 0 aromatic heterocycles. The normalized spacial score (nSPS) is 12.4. The fourth-order valence-electron chi connectivity index (χ4n) is 2.36. The van der Waals surface area contributed by atoms with E-state index in [2.05, 4.69) is 34.2 Å². The van der Waals surface area contributed by atoms with Crippen LogP contribution in [0.4, 0.5) is 0 Å². The van der Waals surface area contributed by atoms with Crippen LogP contribution < -0.4 is 15.4 Å². The van der Waals surface area contributed by atoms with Crippen LogP contribution in [0.1, 0.15) is 39.2 Å². The van der Waals surface area contributed by atoms with Gasteiger partial charge >= 0.3 is 0 Å². The molecule has 0 atom stereocenters. The van der Waals surface area contributed by atoms with Gasteiger partial charge in [-0.1, -0.05) is 26.0 Å². The van der Waals surface area contributed by atoms with E-state index in [4.69, 9.17) is 4.74 Å². The third-order valence-electron chi connectivity index (χ3n) is 3.85. The number of sulfonamides is 1. The van der Waals surface area contributed by atoms with Crippen molar-refractivity contribution in [3.05, 3.63) is 29.8 Å². The molecule has 0 radical (unpaired) electrons. The minimum Gasteiger partial charge on any atom is -0.383 e. The maximum absolute atomic E-state index is 12.1. The Morgan fingerprint density at radius 3 is 2.44 bits per heavy atom. The summed E-state index contributed by atoms with van der Waals surface area (Å²) in [5.74, 6) is 1.48. The minimum absolute atomic E-state index is 0.241. The van der Waals surface area contributed by atoms with Crippen molar-refractivity contribution in [2.75, 3.05) is 33.4 Å². The summed E-state index contributed by atoms with van der Waals surface area (Å²) in [4.78, 5) is 4.81. The highest BCUT2D eigenvalue weighted by atomic mass is 32.2. The van der Waals surface area contributed by atoms with Crippen LogP contribution in [0.25, 0.3) is 0 Å². The Balaban J connectivity index is 2.61. The number of guanidine groups is 1. The molecule has 1 aromatic carbocycles. The number of hydrogen-bond donors (Lipinski definition) is 3. The molecule has 0 saturated carbocycles. The monoisotopic (exact) mass is 398 g/mol. The highest BCUT2D eigenvalue weighted by Gasteiger charge is 2.12. The van der Waals surface area contributed by atoms with E-state index >= 15 is 0 Å². The fourth-order valence-corrected chi connectivity index (χ4v) is 3.38. The summed E-state index contributed by atoms with van der Waals surface area (Å²) < 4.78 is 31.7. The van der Waals surface area contributed by atoms with E-state index in [9.17, 15) is 8.42 Å². The third-order valence-corrected chi connectivity index (χ3v) is 5.32. The second kappa shape index (κ2) is 12.7. The predicted molar refractivity (Wildman–Crippen MR) is 110 cm³/mol. The van der Waals surface area contributed by atoms with Crippen molar-refractivity contribution >= 4 is 16.0 Å². The molecule has 0 heterocycles. The summed E-state index contributed by atoms with van der Waals surface area (Å²) in [5, 5.41) is 6.56. The Labute approximate surface area is 164 Å². The molecule has 1 aromatic rings. The predicted octanol–water partition coefficient (Wildman–Crippen LogP) is 2.10. The van der Waals surface area contributed by atoms with Crippen molar-refractivity contribution in [3.8, 4) is 0 Å². The molecular formula is C19H34N4O3S. The van der Waals surface area contributed by atoms with Gasteiger partial charge in [-0.05, 0) is 43.4 Å². The van der Waals surface area contributed by atoms with Gasteiger partial charge in [0.15, 0.2) is 5.96 Å². The Bertz CT molecular complexity index is 658. The van der Waals surface area contributed by atoms with Gasteiger partial charge < -0.3 is 15.4 Å². The Morgan fingerprint density at radius 2 is 1.85 bits per heavy atom. The van der Waals surface area contributed by atoms with E-state index in [1.54, 1.807) is 24.3 Å². The molecule has 1 rings (SSSR count). The maximum atomic E-state index is 12.1. The van der Waals surface area contributed by atoms with Crippen molar-refractivity contribution in [3.63, 3.8) is 0 Å². The molecule has 7 nitrogen and oxygen atoms in total. The van der Waals surface area contributed by atoms with Gasteiger partial charge in [0.2, 0.25) is 10.0 Å². The van der Waals surface area contributed by atoms with Crippen molar-refractivity contribution in [1.29, 1.82) is 0 Å². The van der Waals surface area contributed by atoms with Crippen LogP contribution in [0, 0.1) is 5.92 Å². The van der Waals surface area contributed by atoms with Crippen LogP contribution in [-0.4, -0.2) is 47.7 Å². The lowest BCUT2D eigenvalue weighted by molar-refractivity contribution is 0.204. The number of benzene rings is 1. The number of aliphatic imine (C=N–C) groups is 1. The first kappa shape index (κ1) is 23.4. The Hall–Kier alpha value is -1.64. The summed E-state index contributed by atoms with van der Waals surface area (Å²) >= 11 is 0. The van der Waals surface area contributed by atoms with Crippen molar-refractivity contribution in [2.24, 2.45) is 10.9 Å². The van der Waals surface area contributed by atoms with Crippen LogP contribution in [-0.2, 0) is 21.3 Å². The molecule has 8 heteroatoms. The van der Waals surface area contributed by atoms with Gasteiger partial charge in [-0.2, -0.15) is 0 Å². The molecule has 27 heavy (non-hydrogen) atoms. The molecule has 0 aliphatic carbocycles. The lowest BCUT2D eigenvalue weighted by Crippen LogP contribution is -2.37. The number of hydrogen-bond acceptors (Lipinski definition) is 4. The van der Waals surface area contributed by atoms with Crippen LogP contribution in [0.2, 0.25) is 0 Å². The summed E-state index contributed by atoms with van der Waals surface area (Å²) in [7, 11) is -1.97. The van der Waals surface area contributed by atoms with Gasteiger partial charge in [0.1, 0.15) is 0 Å². The number of ether oxygens (including phenoxy) is 1. The van der Waals surface area contributed by atoms with Gasteiger partial charge in [-0.25, -0.2) is 18.1 Å². The molecule has 0 aliphatic heterocycles. The van der Waals surface area contributed by atoms with Crippen LogP contribution in [0.5, 0.6) is 0 Å². The minimum atomic E-state index is -3.50. The zero-order valence-corrected chi connectivity index (χ0v) is 17.7. The summed E-state index contributed by atoms with van der Waals surface area (Å²) in [6.45, 7) is 9.21. The van der Waals surface area contributed by atoms with Crippen LogP contribution in [0.3, 0.4) is 0 Å². The maximum Gasteiger partial charge on any atom is 0.240 e. The molecule has 0 bridgehead atoms. The first-order chi connectivity index (χ1) is 12.9. The standard InChI is InChI=1S/C19H34N4O3S/c1-5-20-19(21-12-6-7-16(2)3)22-15-17-8-10-18(11-9-17)27(24,25)23-13-14-26-4/h8-11,16,23H,5-7,12-15H2,1-4H3,(H2,20,21,22).